The van der Waals surface area contributed by atoms with E-state index in [2.05, 4.69) is 29.4 Å². The highest BCUT2D eigenvalue weighted by Crippen LogP contribution is 2.25. The number of carbonyl (C=O) groups is 2. The molecular formula is C27H31N3O4. The molecule has 7 heteroatoms. The number of hydrogen-bond donors (Lipinski definition) is 2. The van der Waals surface area contributed by atoms with Crippen LogP contribution in [0, 0.1) is 0 Å². The molecule has 178 valence electrons. The second-order valence-corrected chi connectivity index (χ2v) is 7.68. The maximum Gasteiger partial charge on any atom is 0.262 e. The summed E-state index contributed by atoms with van der Waals surface area (Å²) in [6.45, 7) is 6.93. The number of amides is 2. The van der Waals surface area contributed by atoms with Crippen LogP contribution in [0.1, 0.15) is 29.8 Å². The van der Waals surface area contributed by atoms with Crippen molar-refractivity contribution in [3.8, 4) is 11.5 Å². The average Bonchev–Trinajstić information content (AvgIpc) is 2.86. The van der Waals surface area contributed by atoms with Crippen molar-refractivity contribution in [3.05, 3.63) is 83.9 Å². The molecule has 0 aliphatic rings. The largest absolute Gasteiger partial charge is 0.493 e. The Balaban J connectivity index is 1.55. The van der Waals surface area contributed by atoms with E-state index >= 15 is 0 Å². The second kappa shape index (κ2) is 12.4. The molecule has 0 aromatic heterocycles. The third-order valence-electron chi connectivity index (χ3n) is 5.35. The fourth-order valence-electron chi connectivity index (χ4n) is 3.42. The van der Waals surface area contributed by atoms with Crippen LogP contribution in [0.2, 0.25) is 0 Å². The van der Waals surface area contributed by atoms with E-state index in [1.165, 1.54) is 5.56 Å². The number of hydrogen-bond acceptors (Lipinski definition) is 5. The minimum atomic E-state index is -0.321. The first kappa shape index (κ1) is 24.8. The topological polar surface area (TPSA) is 79.9 Å². The number of anilines is 2. The van der Waals surface area contributed by atoms with Crippen LogP contribution in [0.4, 0.5) is 11.4 Å². The molecule has 0 aliphatic heterocycles. The zero-order chi connectivity index (χ0) is 24.3. The van der Waals surface area contributed by atoms with Crippen LogP contribution in [0.5, 0.6) is 11.5 Å². The number of rotatable bonds is 11. The van der Waals surface area contributed by atoms with Gasteiger partial charge < -0.3 is 20.1 Å². The van der Waals surface area contributed by atoms with E-state index in [4.69, 9.17) is 9.47 Å². The summed E-state index contributed by atoms with van der Waals surface area (Å²) in [7, 11) is 1.54. The van der Waals surface area contributed by atoms with Gasteiger partial charge in [-0.2, -0.15) is 0 Å². The number of para-hydroxylation sites is 2. The van der Waals surface area contributed by atoms with Gasteiger partial charge in [-0.25, -0.2) is 0 Å². The maximum absolute atomic E-state index is 12.7. The zero-order valence-electron chi connectivity index (χ0n) is 19.8. The Morgan fingerprint density at radius 1 is 0.824 bits per heavy atom. The number of ether oxygens (including phenoxy) is 2. The van der Waals surface area contributed by atoms with Crippen LogP contribution < -0.4 is 20.1 Å². The van der Waals surface area contributed by atoms with Gasteiger partial charge >= 0.3 is 0 Å². The SMILES string of the molecule is CCN(CC)Cc1ccc(C(=O)Nc2cccc(NC(=O)COc3ccccc3OC)c2)cc1. The first-order valence-electron chi connectivity index (χ1n) is 11.3. The second-order valence-electron chi connectivity index (χ2n) is 7.68. The van der Waals surface area contributed by atoms with E-state index in [9.17, 15) is 9.59 Å². The number of nitrogens with one attached hydrogen (secondary N) is 2. The van der Waals surface area contributed by atoms with Gasteiger partial charge in [0.2, 0.25) is 0 Å². The molecule has 3 rings (SSSR count). The quantitative estimate of drug-likeness (QED) is 0.429. The number of carbonyl (C=O) groups excluding carboxylic acids is 2. The summed E-state index contributed by atoms with van der Waals surface area (Å²) in [5.74, 6) is 0.515. The van der Waals surface area contributed by atoms with Crippen molar-refractivity contribution < 1.29 is 19.1 Å². The lowest BCUT2D eigenvalue weighted by Gasteiger charge is -2.18. The molecule has 0 radical (unpaired) electrons. The monoisotopic (exact) mass is 461 g/mol. The van der Waals surface area contributed by atoms with Crippen LogP contribution in [0.15, 0.2) is 72.8 Å². The van der Waals surface area contributed by atoms with Crippen molar-refractivity contribution in [1.29, 1.82) is 0 Å². The van der Waals surface area contributed by atoms with E-state index in [0.717, 1.165) is 19.6 Å². The van der Waals surface area contributed by atoms with Gasteiger partial charge in [0.05, 0.1) is 7.11 Å². The first-order chi connectivity index (χ1) is 16.5. The molecule has 0 heterocycles. The summed E-state index contributed by atoms with van der Waals surface area (Å²) in [4.78, 5) is 27.3. The zero-order valence-corrected chi connectivity index (χ0v) is 19.8. The van der Waals surface area contributed by atoms with Crippen molar-refractivity contribution in [2.45, 2.75) is 20.4 Å². The fourth-order valence-corrected chi connectivity index (χ4v) is 3.42. The van der Waals surface area contributed by atoms with E-state index in [1.807, 2.05) is 30.3 Å². The van der Waals surface area contributed by atoms with Gasteiger partial charge in [-0.15, -0.1) is 0 Å². The predicted octanol–water partition coefficient (Wildman–Crippen LogP) is 4.81. The smallest absolute Gasteiger partial charge is 0.262 e. The van der Waals surface area contributed by atoms with E-state index in [-0.39, 0.29) is 18.4 Å². The molecule has 0 atom stereocenters. The van der Waals surface area contributed by atoms with Crippen LogP contribution in [-0.4, -0.2) is 43.5 Å². The van der Waals surface area contributed by atoms with Gasteiger partial charge in [0.15, 0.2) is 18.1 Å². The summed E-state index contributed by atoms with van der Waals surface area (Å²) >= 11 is 0. The molecule has 3 aromatic rings. The molecule has 0 saturated carbocycles. The molecule has 7 nitrogen and oxygen atoms in total. The van der Waals surface area contributed by atoms with Crippen molar-refractivity contribution in [2.24, 2.45) is 0 Å². The molecule has 2 N–H and O–H groups in total. The van der Waals surface area contributed by atoms with Crippen LogP contribution in [0.3, 0.4) is 0 Å². The molecule has 0 aliphatic carbocycles. The van der Waals surface area contributed by atoms with Crippen LogP contribution in [0.25, 0.3) is 0 Å². The number of benzene rings is 3. The van der Waals surface area contributed by atoms with E-state index < -0.39 is 0 Å². The average molecular weight is 462 g/mol. The van der Waals surface area contributed by atoms with Gasteiger partial charge in [0, 0.05) is 23.5 Å². The highest BCUT2D eigenvalue weighted by molar-refractivity contribution is 6.04. The maximum atomic E-state index is 12.7. The van der Waals surface area contributed by atoms with Crippen molar-refractivity contribution in [1.82, 2.24) is 4.90 Å². The van der Waals surface area contributed by atoms with Gasteiger partial charge in [-0.05, 0) is 61.1 Å². The van der Waals surface area contributed by atoms with E-state index in [0.29, 0.717) is 28.4 Å². The van der Waals surface area contributed by atoms with E-state index in [1.54, 1.807) is 49.6 Å². The Morgan fingerprint density at radius 2 is 1.47 bits per heavy atom. The predicted molar refractivity (Wildman–Crippen MR) is 135 cm³/mol. The standard InChI is InChI=1S/C27H31N3O4/c1-4-30(5-2)18-20-13-15-21(16-14-20)27(32)29-23-10-8-9-22(17-23)28-26(31)19-34-25-12-7-6-11-24(25)33-3/h6-17H,4-5,18-19H2,1-3H3,(H,28,31)(H,29,32). The first-order valence-corrected chi connectivity index (χ1v) is 11.3. The lowest BCUT2D eigenvalue weighted by atomic mass is 10.1. The van der Waals surface area contributed by atoms with Gasteiger partial charge in [-0.3, -0.25) is 14.5 Å². The van der Waals surface area contributed by atoms with Gasteiger partial charge in [0.25, 0.3) is 11.8 Å². The minimum Gasteiger partial charge on any atom is -0.493 e. The fraction of sp³-hybridized carbons (Fsp3) is 0.259. The molecule has 0 saturated heterocycles. The Labute approximate surface area is 200 Å². The third-order valence-corrected chi connectivity index (χ3v) is 5.35. The highest BCUT2D eigenvalue weighted by atomic mass is 16.5. The molecule has 2 amide bonds. The summed E-state index contributed by atoms with van der Waals surface area (Å²) in [6.07, 6.45) is 0. The lowest BCUT2D eigenvalue weighted by molar-refractivity contribution is -0.118. The summed E-state index contributed by atoms with van der Waals surface area (Å²) in [5.41, 5.74) is 2.88. The van der Waals surface area contributed by atoms with Crippen LogP contribution >= 0.6 is 0 Å². The van der Waals surface area contributed by atoms with Crippen molar-refractivity contribution >= 4 is 23.2 Å². The lowest BCUT2D eigenvalue weighted by Crippen LogP contribution is -2.22. The molecule has 0 fully saturated rings. The molecule has 3 aromatic carbocycles. The molecular weight excluding hydrogens is 430 g/mol. The third kappa shape index (κ3) is 7.08. The Bertz CT molecular complexity index is 1100. The molecule has 0 spiro atoms. The number of nitrogens with zero attached hydrogens (tertiary/aromatic N) is 1. The molecule has 0 bridgehead atoms. The van der Waals surface area contributed by atoms with Crippen molar-refractivity contribution in [2.75, 3.05) is 37.4 Å². The molecule has 34 heavy (non-hydrogen) atoms. The Hall–Kier alpha value is -3.84. The Kier molecular flexibility index (Phi) is 9.05. The normalized spacial score (nSPS) is 10.6. The molecule has 0 unspecified atom stereocenters. The van der Waals surface area contributed by atoms with Crippen molar-refractivity contribution in [3.63, 3.8) is 0 Å². The highest BCUT2D eigenvalue weighted by Gasteiger charge is 2.10. The van der Waals surface area contributed by atoms with Gasteiger partial charge in [0.1, 0.15) is 0 Å². The minimum absolute atomic E-state index is 0.170. The Morgan fingerprint density at radius 3 is 2.12 bits per heavy atom. The number of methoxy groups -OCH3 is 1. The summed E-state index contributed by atoms with van der Waals surface area (Å²) in [5, 5.41) is 5.66. The summed E-state index contributed by atoms with van der Waals surface area (Å²) in [6, 6.07) is 21.7. The summed E-state index contributed by atoms with van der Waals surface area (Å²) < 4.78 is 10.8. The van der Waals surface area contributed by atoms with Gasteiger partial charge in [-0.1, -0.05) is 44.2 Å². The van der Waals surface area contributed by atoms with Crippen LogP contribution in [-0.2, 0) is 11.3 Å².